The summed E-state index contributed by atoms with van der Waals surface area (Å²) < 4.78 is 1.56. The van der Waals surface area contributed by atoms with Crippen LogP contribution in [0, 0.1) is 5.92 Å². The molecule has 0 radical (unpaired) electrons. The predicted molar refractivity (Wildman–Crippen MR) is 63.5 cm³/mol. The van der Waals surface area contributed by atoms with Gasteiger partial charge in [-0.05, 0) is 18.9 Å². The molecule has 0 spiro atoms. The molecule has 0 aromatic carbocycles. The van der Waals surface area contributed by atoms with Crippen LogP contribution in [0.1, 0.15) is 36.2 Å². The number of carbonyl (C=O) groups excluding carboxylic acids is 1. The van der Waals surface area contributed by atoms with Gasteiger partial charge in [0.2, 0.25) is 0 Å². The van der Waals surface area contributed by atoms with Crippen LogP contribution in [-0.4, -0.2) is 33.4 Å². The number of carbonyl (C=O) groups is 1. The van der Waals surface area contributed by atoms with Crippen molar-refractivity contribution < 1.29 is 9.90 Å². The molecule has 1 heterocycles. The molecule has 5 heteroatoms. The van der Waals surface area contributed by atoms with Crippen LogP contribution < -0.4 is 5.32 Å². The molecule has 17 heavy (non-hydrogen) atoms. The van der Waals surface area contributed by atoms with Crippen molar-refractivity contribution in [1.82, 2.24) is 15.1 Å². The molecule has 1 aliphatic rings. The molecule has 0 saturated heterocycles. The van der Waals surface area contributed by atoms with Crippen LogP contribution in [-0.2, 0) is 7.05 Å². The monoisotopic (exact) mass is 237 g/mol. The van der Waals surface area contributed by atoms with Crippen molar-refractivity contribution in [1.29, 1.82) is 0 Å². The zero-order valence-electron chi connectivity index (χ0n) is 10.1. The second-order valence-electron chi connectivity index (χ2n) is 4.65. The van der Waals surface area contributed by atoms with Crippen LogP contribution in [0.3, 0.4) is 0 Å². The third-order valence-corrected chi connectivity index (χ3v) is 3.51. The van der Waals surface area contributed by atoms with E-state index in [9.17, 15) is 9.90 Å². The zero-order chi connectivity index (χ0) is 12.3. The molecule has 2 unspecified atom stereocenters. The number of aliphatic hydroxyl groups excluding tert-OH is 1. The molecule has 2 atom stereocenters. The lowest BCUT2D eigenvalue weighted by atomic mass is 9.85. The Bertz CT molecular complexity index is 389. The minimum absolute atomic E-state index is 0.0937. The molecule has 1 fully saturated rings. The number of nitrogens with one attached hydrogen (secondary N) is 1. The fraction of sp³-hybridized carbons (Fsp3) is 0.667. The Labute approximate surface area is 101 Å². The Morgan fingerprint density at radius 2 is 2.35 bits per heavy atom. The van der Waals surface area contributed by atoms with Crippen molar-refractivity contribution in [2.75, 3.05) is 6.61 Å². The first-order chi connectivity index (χ1) is 8.22. The Morgan fingerprint density at radius 3 is 3.00 bits per heavy atom. The Morgan fingerprint density at radius 1 is 1.59 bits per heavy atom. The molecule has 5 nitrogen and oxygen atoms in total. The molecule has 0 aliphatic heterocycles. The van der Waals surface area contributed by atoms with Crippen molar-refractivity contribution in [2.45, 2.75) is 31.7 Å². The highest BCUT2D eigenvalue weighted by Gasteiger charge is 2.26. The van der Waals surface area contributed by atoms with Gasteiger partial charge in [-0.15, -0.1) is 0 Å². The van der Waals surface area contributed by atoms with E-state index in [0.29, 0.717) is 5.69 Å². The number of aromatic nitrogens is 2. The summed E-state index contributed by atoms with van der Waals surface area (Å²) in [6.07, 6.45) is 5.82. The molecule has 1 saturated carbocycles. The number of aliphatic hydroxyl groups is 1. The third kappa shape index (κ3) is 2.66. The van der Waals surface area contributed by atoms with E-state index in [-0.39, 0.29) is 24.5 Å². The first kappa shape index (κ1) is 12.1. The van der Waals surface area contributed by atoms with E-state index >= 15 is 0 Å². The minimum atomic E-state index is -0.102. The molecule has 94 valence electrons. The second-order valence-corrected chi connectivity index (χ2v) is 4.65. The zero-order valence-corrected chi connectivity index (χ0v) is 10.1. The molecule has 1 aliphatic carbocycles. The molecule has 0 bridgehead atoms. The standard InChI is InChI=1S/C12H19N3O2/c1-15-11(6-7-13-15)12(17)14-10-5-3-2-4-9(10)8-16/h6-7,9-10,16H,2-5,8H2,1H3,(H,14,17). The highest BCUT2D eigenvalue weighted by Crippen LogP contribution is 2.24. The van der Waals surface area contributed by atoms with E-state index in [0.717, 1.165) is 25.7 Å². The topological polar surface area (TPSA) is 67.2 Å². The predicted octanol–water partition coefficient (Wildman–Crippen LogP) is 0.701. The van der Waals surface area contributed by atoms with Crippen LogP contribution in [0.4, 0.5) is 0 Å². The fourth-order valence-electron chi connectivity index (χ4n) is 2.46. The van der Waals surface area contributed by atoms with Gasteiger partial charge in [-0.25, -0.2) is 0 Å². The maximum atomic E-state index is 12.0. The van der Waals surface area contributed by atoms with E-state index in [1.54, 1.807) is 24.0 Å². The van der Waals surface area contributed by atoms with Gasteiger partial charge >= 0.3 is 0 Å². The third-order valence-electron chi connectivity index (χ3n) is 3.51. The number of nitrogens with zero attached hydrogens (tertiary/aromatic N) is 2. The van der Waals surface area contributed by atoms with Crippen LogP contribution in [0.2, 0.25) is 0 Å². The Kier molecular flexibility index (Phi) is 3.78. The fourth-order valence-corrected chi connectivity index (χ4v) is 2.46. The Balaban J connectivity index is 2.00. The van der Waals surface area contributed by atoms with Gasteiger partial charge in [0.25, 0.3) is 5.91 Å². The van der Waals surface area contributed by atoms with Gasteiger partial charge in [-0.3, -0.25) is 9.48 Å². The van der Waals surface area contributed by atoms with E-state index in [1.807, 2.05) is 0 Å². The SMILES string of the molecule is Cn1nccc1C(=O)NC1CCCCC1CO. The molecule has 1 aromatic heterocycles. The van der Waals surface area contributed by atoms with Crippen molar-refractivity contribution in [3.63, 3.8) is 0 Å². The summed E-state index contributed by atoms with van der Waals surface area (Å²) in [5, 5.41) is 16.3. The van der Waals surface area contributed by atoms with Gasteiger partial charge in [0, 0.05) is 31.8 Å². The summed E-state index contributed by atoms with van der Waals surface area (Å²) in [6, 6.07) is 1.79. The lowest BCUT2D eigenvalue weighted by Crippen LogP contribution is -2.43. The minimum Gasteiger partial charge on any atom is -0.396 e. The summed E-state index contributed by atoms with van der Waals surface area (Å²) in [6.45, 7) is 0.149. The van der Waals surface area contributed by atoms with E-state index in [2.05, 4.69) is 10.4 Å². The van der Waals surface area contributed by atoms with Crippen LogP contribution >= 0.6 is 0 Å². The highest BCUT2D eigenvalue weighted by atomic mass is 16.3. The van der Waals surface area contributed by atoms with Gasteiger partial charge in [-0.2, -0.15) is 5.10 Å². The maximum absolute atomic E-state index is 12.0. The summed E-state index contributed by atoms with van der Waals surface area (Å²) in [5.74, 6) is 0.0938. The molecule has 1 aromatic rings. The lowest BCUT2D eigenvalue weighted by molar-refractivity contribution is 0.0863. The van der Waals surface area contributed by atoms with Crippen molar-refractivity contribution >= 4 is 5.91 Å². The van der Waals surface area contributed by atoms with Gasteiger partial charge in [0.15, 0.2) is 0 Å². The van der Waals surface area contributed by atoms with E-state index < -0.39 is 0 Å². The van der Waals surface area contributed by atoms with Crippen LogP contribution in [0.5, 0.6) is 0 Å². The molecular weight excluding hydrogens is 218 g/mol. The molecule has 2 rings (SSSR count). The van der Waals surface area contributed by atoms with Gasteiger partial charge in [0.1, 0.15) is 5.69 Å². The number of hydrogen-bond donors (Lipinski definition) is 2. The van der Waals surface area contributed by atoms with Crippen LogP contribution in [0.25, 0.3) is 0 Å². The number of rotatable bonds is 3. The average Bonchev–Trinajstić information content (AvgIpc) is 2.76. The lowest BCUT2D eigenvalue weighted by Gasteiger charge is -2.30. The number of hydrogen-bond acceptors (Lipinski definition) is 3. The summed E-state index contributed by atoms with van der Waals surface area (Å²) in [5.41, 5.74) is 0.562. The summed E-state index contributed by atoms with van der Waals surface area (Å²) in [7, 11) is 1.75. The largest absolute Gasteiger partial charge is 0.396 e. The normalized spacial score (nSPS) is 24.6. The first-order valence-electron chi connectivity index (χ1n) is 6.12. The smallest absolute Gasteiger partial charge is 0.269 e. The Hall–Kier alpha value is -1.36. The van der Waals surface area contributed by atoms with E-state index in [4.69, 9.17) is 0 Å². The molecule has 2 N–H and O–H groups in total. The number of amides is 1. The van der Waals surface area contributed by atoms with Crippen molar-refractivity contribution in [3.05, 3.63) is 18.0 Å². The summed E-state index contributed by atoms with van der Waals surface area (Å²) in [4.78, 5) is 12.0. The quantitative estimate of drug-likeness (QED) is 0.813. The van der Waals surface area contributed by atoms with Crippen molar-refractivity contribution in [3.8, 4) is 0 Å². The molecule has 1 amide bonds. The van der Waals surface area contributed by atoms with Gasteiger partial charge < -0.3 is 10.4 Å². The average molecular weight is 237 g/mol. The first-order valence-corrected chi connectivity index (χ1v) is 6.12. The van der Waals surface area contributed by atoms with Gasteiger partial charge in [0.05, 0.1) is 0 Å². The maximum Gasteiger partial charge on any atom is 0.269 e. The molecular formula is C12H19N3O2. The van der Waals surface area contributed by atoms with Crippen molar-refractivity contribution in [2.24, 2.45) is 13.0 Å². The van der Waals surface area contributed by atoms with E-state index in [1.165, 1.54) is 0 Å². The highest BCUT2D eigenvalue weighted by molar-refractivity contribution is 5.92. The van der Waals surface area contributed by atoms with Crippen LogP contribution in [0.15, 0.2) is 12.3 Å². The number of aryl methyl sites for hydroxylation is 1. The summed E-state index contributed by atoms with van der Waals surface area (Å²) >= 11 is 0. The second kappa shape index (κ2) is 5.31. The van der Waals surface area contributed by atoms with Gasteiger partial charge in [-0.1, -0.05) is 12.8 Å².